The Labute approximate surface area is 219 Å². The van der Waals surface area contributed by atoms with Gasteiger partial charge >= 0.3 is 17.4 Å². The van der Waals surface area contributed by atoms with Gasteiger partial charge in [0.15, 0.2) is 0 Å². The van der Waals surface area contributed by atoms with Crippen molar-refractivity contribution < 1.29 is 29.7 Å². The Balaban J connectivity index is -0.000000108. The maximum Gasteiger partial charge on any atom is 3.00 e. The van der Waals surface area contributed by atoms with Crippen molar-refractivity contribution in [1.29, 1.82) is 0 Å². The fourth-order valence-corrected chi connectivity index (χ4v) is 0.896. The normalized spacial score (nSPS) is 10.9. The second-order valence-electron chi connectivity index (χ2n) is 2.23. The van der Waals surface area contributed by atoms with Gasteiger partial charge in [-0.05, 0) is 80.0 Å². The molecule has 0 unspecified atom stereocenters. The summed E-state index contributed by atoms with van der Waals surface area (Å²) in [6.07, 6.45) is 0. The predicted octanol–water partition coefficient (Wildman–Crippen LogP) is 0.962. The molecule has 0 bridgehead atoms. The van der Waals surface area contributed by atoms with Gasteiger partial charge in [0.05, 0.1) is 17.9 Å². The summed E-state index contributed by atoms with van der Waals surface area (Å²) >= 11 is 10.6. The molecule has 0 aromatic heterocycles. The van der Waals surface area contributed by atoms with Gasteiger partial charge in [0.25, 0.3) is 0 Å². The first-order valence-electron chi connectivity index (χ1n) is 4.06. The van der Waals surface area contributed by atoms with Crippen molar-refractivity contribution in [1.82, 2.24) is 0 Å². The van der Waals surface area contributed by atoms with Crippen molar-refractivity contribution in [3.05, 3.63) is 23.0 Å². The number of carbonyl (C=O) groups excluding carboxylic acids is 3. The number of halogens is 6. The van der Waals surface area contributed by atoms with Crippen molar-refractivity contribution in [3.63, 3.8) is 0 Å². The number of carboxylic acids is 3. The molecule has 0 N–H and O–H groups in total. The topological polar surface area (TPSA) is 120 Å². The summed E-state index contributed by atoms with van der Waals surface area (Å²) in [4.78, 5) is 29.2. The monoisotopic (exact) mass is 995 g/mol. The van der Waals surface area contributed by atoms with E-state index in [-0.39, 0.29) is 28.1 Å². The number of hydrogen-bond acceptors (Lipinski definition) is 6. The third kappa shape index (κ3) is 24.8. The van der Waals surface area contributed by atoms with Crippen LogP contribution in [0.25, 0.3) is 0 Å². The summed E-state index contributed by atoms with van der Waals surface area (Å²) in [5.41, 5.74) is 0. The largest absolute Gasteiger partial charge is 3.00 e. The van der Waals surface area contributed by atoms with Crippen LogP contribution in [-0.2, 0) is 14.4 Å². The van der Waals surface area contributed by atoms with Crippen LogP contribution in [0.3, 0.4) is 0 Å². The minimum absolute atomic E-state index is 0. The molecule has 0 aromatic carbocycles. The van der Waals surface area contributed by atoms with E-state index in [1.807, 2.05) is 67.8 Å². The van der Waals surface area contributed by atoms with E-state index in [9.17, 15) is 29.7 Å². The van der Waals surface area contributed by atoms with Crippen LogP contribution in [0.5, 0.6) is 0 Å². The average molecular weight is 996 g/mol. The molecule has 0 saturated heterocycles. The smallest absolute Gasteiger partial charge is 0.544 e. The van der Waals surface area contributed by atoms with E-state index >= 15 is 0 Å². The molecule has 6 nitrogen and oxygen atoms in total. The summed E-state index contributed by atoms with van der Waals surface area (Å²) in [7, 11) is 0. The second-order valence-corrected chi connectivity index (χ2v) is 7.59. The Morgan fingerprint density at radius 2 is 0.727 bits per heavy atom. The van der Waals surface area contributed by atoms with Crippen LogP contribution >= 0.6 is 136 Å². The number of rotatable bonds is 3. The maximum atomic E-state index is 9.74. The number of carbonyl (C=O) groups is 3. The van der Waals surface area contributed by atoms with Gasteiger partial charge in [0, 0.05) is 10.7 Å². The zero-order valence-corrected chi connectivity index (χ0v) is 24.1. The van der Waals surface area contributed by atoms with Gasteiger partial charge in [0.2, 0.25) is 0 Å². The summed E-state index contributed by atoms with van der Waals surface area (Å²) < 4.78 is 5.06. The van der Waals surface area contributed by atoms with Gasteiger partial charge in [-0.15, -0.1) is 0 Å². The van der Waals surface area contributed by atoms with E-state index in [0.29, 0.717) is 0 Å². The van der Waals surface area contributed by atoms with E-state index in [0.717, 1.165) is 0 Å². The standard InChI is InChI=1S/3C3H2I2O2.Al/c3*4-1-2(5)3(6)7;/h3*1H,(H,6,7);/q;;;+3/p-3. The van der Waals surface area contributed by atoms with E-state index < -0.39 is 17.9 Å². The molecular weight excluding hydrogens is 992 g/mol. The predicted molar refractivity (Wildman–Crippen MR) is 129 cm³/mol. The van der Waals surface area contributed by atoms with Crippen LogP contribution < -0.4 is 15.3 Å². The Morgan fingerprint density at radius 1 is 0.591 bits per heavy atom. The van der Waals surface area contributed by atoms with Gasteiger partial charge in [-0.2, -0.15) is 0 Å². The van der Waals surface area contributed by atoms with E-state index in [1.165, 1.54) is 12.2 Å². The molecule has 120 valence electrons. The SMILES string of the molecule is O=C([O-])C(I)=CI.O=C([O-])C(I)=CI.O=C([O-])C(I)=CI.[Al+3]. The summed E-state index contributed by atoms with van der Waals surface area (Å²) in [5.74, 6) is -3.35. The van der Waals surface area contributed by atoms with Gasteiger partial charge in [-0.25, -0.2) is 0 Å². The molecule has 0 spiro atoms. The van der Waals surface area contributed by atoms with E-state index in [4.69, 9.17) is 0 Å². The molecule has 22 heavy (non-hydrogen) atoms. The molecule has 0 fully saturated rings. The minimum Gasteiger partial charge on any atom is -0.544 e. The molecule has 0 radical (unpaired) electrons. The third-order valence-electron chi connectivity index (χ3n) is 0.872. The van der Waals surface area contributed by atoms with Crippen LogP contribution in [0.1, 0.15) is 0 Å². The summed E-state index contributed by atoms with van der Waals surface area (Å²) in [5, 5.41) is 29.2. The first kappa shape index (κ1) is 32.2. The molecule has 13 heteroatoms. The molecule has 0 aliphatic heterocycles. The van der Waals surface area contributed by atoms with Crippen LogP contribution in [0.2, 0.25) is 0 Å². The molecule has 0 atom stereocenters. The first-order chi connectivity index (χ1) is 9.54. The molecule has 0 aliphatic carbocycles. The van der Waals surface area contributed by atoms with Gasteiger partial charge < -0.3 is 29.7 Å². The number of hydrogen-bond donors (Lipinski definition) is 0. The van der Waals surface area contributed by atoms with Crippen LogP contribution in [0.15, 0.2) is 23.0 Å². The van der Waals surface area contributed by atoms with Crippen molar-refractivity contribution in [2.75, 3.05) is 0 Å². The molecule has 0 amide bonds. The average Bonchev–Trinajstić information content (AvgIpc) is 2.45. The number of aliphatic carboxylic acids is 3. The zero-order chi connectivity index (χ0) is 17.6. The zero-order valence-electron chi connectivity index (χ0n) is 10.0. The van der Waals surface area contributed by atoms with Gasteiger partial charge in [0.1, 0.15) is 0 Å². The van der Waals surface area contributed by atoms with Crippen LogP contribution in [0, 0.1) is 0 Å². The van der Waals surface area contributed by atoms with Crippen molar-refractivity contribution in [2.45, 2.75) is 0 Å². The van der Waals surface area contributed by atoms with Crippen LogP contribution in [0.4, 0.5) is 0 Å². The summed E-state index contributed by atoms with van der Waals surface area (Å²) in [6.45, 7) is 0. The van der Waals surface area contributed by atoms with Gasteiger partial charge in [-0.1, -0.05) is 67.8 Å². The molecule has 0 aromatic rings. The third-order valence-corrected chi connectivity index (χ3v) is 8.57. The fourth-order valence-electron chi connectivity index (χ4n) is 0.134. The molecule has 0 heterocycles. The maximum absolute atomic E-state index is 9.74. The molecule has 0 rings (SSSR count). The van der Waals surface area contributed by atoms with Gasteiger partial charge in [-0.3, -0.25) is 0 Å². The van der Waals surface area contributed by atoms with E-state index in [1.54, 1.807) is 67.8 Å². The Bertz CT molecular complexity index is 395. The van der Waals surface area contributed by atoms with Crippen molar-refractivity contribution >= 4 is 171 Å². The first-order valence-corrected chi connectivity index (χ1v) is 11.0. The molecular formula is C9H3AlI6O6. The quantitative estimate of drug-likeness (QED) is 0.237. The van der Waals surface area contributed by atoms with Crippen molar-refractivity contribution in [3.8, 4) is 0 Å². The molecule has 0 saturated carbocycles. The summed E-state index contributed by atoms with van der Waals surface area (Å²) in [6, 6.07) is 0. The van der Waals surface area contributed by atoms with E-state index in [2.05, 4.69) is 0 Å². The minimum atomic E-state index is -1.12. The Hall–Kier alpha value is 2.54. The van der Waals surface area contributed by atoms with Crippen LogP contribution in [-0.4, -0.2) is 35.3 Å². The molecule has 0 aliphatic rings. The Morgan fingerprint density at radius 3 is 0.727 bits per heavy atom. The second kappa shape index (κ2) is 21.6. The fraction of sp³-hybridized carbons (Fsp3) is 0. The Kier molecular flexibility index (Phi) is 31.6. The number of carboxylic acid groups (broad SMARTS) is 3. The van der Waals surface area contributed by atoms with Crippen molar-refractivity contribution in [2.24, 2.45) is 0 Å².